The summed E-state index contributed by atoms with van der Waals surface area (Å²) in [7, 11) is 0. The number of rotatable bonds is 3. The van der Waals surface area contributed by atoms with Crippen molar-refractivity contribution in [3.63, 3.8) is 0 Å². The molecular formula is C12H11FN2O. The van der Waals surface area contributed by atoms with E-state index in [1.165, 1.54) is 18.3 Å². The molecule has 0 radical (unpaired) electrons. The molecular weight excluding hydrogens is 207 g/mol. The highest BCUT2D eigenvalue weighted by molar-refractivity contribution is 5.26. The summed E-state index contributed by atoms with van der Waals surface area (Å²) in [5.74, 6) is 0.463. The van der Waals surface area contributed by atoms with Gasteiger partial charge in [0.05, 0.1) is 11.9 Å². The molecule has 0 amide bonds. The maximum Gasteiger partial charge on any atom is 0.238 e. The Morgan fingerprint density at radius 1 is 1.31 bits per heavy atom. The van der Waals surface area contributed by atoms with Gasteiger partial charge in [0.25, 0.3) is 0 Å². The molecule has 16 heavy (non-hydrogen) atoms. The summed E-state index contributed by atoms with van der Waals surface area (Å²) in [6.45, 7) is 1.98. The normalized spacial score (nSPS) is 10.1. The van der Waals surface area contributed by atoms with Crippen LogP contribution in [0.15, 0.2) is 36.7 Å². The van der Waals surface area contributed by atoms with Crippen LogP contribution in [0.25, 0.3) is 0 Å². The number of aromatic nitrogens is 2. The van der Waals surface area contributed by atoms with E-state index < -0.39 is 0 Å². The van der Waals surface area contributed by atoms with Crippen LogP contribution < -0.4 is 4.74 Å². The van der Waals surface area contributed by atoms with Gasteiger partial charge in [0.1, 0.15) is 11.6 Å². The Labute approximate surface area is 92.9 Å². The minimum absolute atomic E-state index is 0.336. The van der Waals surface area contributed by atoms with Gasteiger partial charge in [0.2, 0.25) is 5.88 Å². The number of aryl methyl sites for hydroxylation is 1. The summed E-state index contributed by atoms with van der Waals surface area (Å²) in [6.07, 6.45) is 3.97. The highest BCUT2D eigenvalue weighted by Crippen LogP contribution is 2.19. The van der Waals surface area contributed by atoms with Crippen molar-refractivity contribution in [3.05, 3.63) is 48.2 Å². The average Bonchev–Trinajstić information content (AvgIpc) is 2.29. The van der Waals surface area contributed by atoms with Crippen LogP contribution in [-0.4, -0.2) is 9.97 Å². The van der Waals surface area contributed by atoms with Gasteiger partial charge in [0.15, 0.2) is 0 Å². The maximum atomic E-state index is 12.9. The first-order valence-corrected chi connectivity index (χ1v) is 5.02. The first kappa shape index (κ1) is 10.5. The fourth-order valence-corrected chi connectivity index (χ4v) is 1.26. The van der Waals surface area contributed by atoms with Crippen molar-refractivity contribution in [2.24, 2.45) is 0 Å². The van der Waals surface area contributed by atoms with Crippen molar-refractivity contribution in [1.29, 1.82) is 0 Å². The Hall–Kier alpha value is -1.97. The first-order valence-electron chi connectivity index (χ1n) is 5.02. The zero-order chi connectivity index (χ0) is 11.4. The zero-order valence-corrected chi connectivity index (χ0v) is 8.85. The Bertz CT molecular complexity index is 488. The lowest BCUT2D eigenvalue weighted by molar-refractivity contribution is 0.453. The lowest BCUT2D eigenvalue weighted by Gasteiger charge is -2.04. The topological polar surface area (TPSA) is 35.0 Å². The van der Waals surface area contributed by atoms with Crippen LogP contribution in [0, 0.1) is 5.82 Å². The third-order valence-corrected chi connectivity index (χ3v) is 2.04. The van der Waals surface area contributed by atoms with Gasteiger partial charge in [-0.2, -0.15) is 0 Å². The maximum absolute atomic E-state index is 12.9. The van der Waals surface area contributed by atoms with Crippen LogP contribution in [0.4, 0.5) is 4.39 Å². The highest BCUT2D eigenvalue weighted by Gasteiger charge is 2.01. The Balaban J connectivity index is 2.20. The number of hydrogen-bond acceptors (Lipinski definition) is 3. The molecule has 0 aliphatic heterocycles. The van der Waals surface area contributed by atoms with Crippen molar-refractivity contribution < 1.29 is 9.13 Å². The van der Waals surface area contributed by atoms with Crippen molar-refractivity contribution in [1.82, 2.24) is 9.97 Å². The van der Waals surface area contributed by atoms with Gasteiger partial charge in [-0.3, -0.25) is 4.98 Å². The number of nitrogens with zero attached hydrogens (tertiary/aromatic N) is 2. The Morgan fingerprint density at radius 2 is 2.19 bits per heavy atom. The van der Waals surface area contributed by atoms with E-state index in [9.17, 15) is 4.39 Å². The molecule has 1 aromatic carbocycles. The molecule has 0 saturated carbocycles. The van der Waals surface area contributed by atoms with E-state index in [2.05, 4.69) is 9.97 Å². The van der Waals surface area contributed by atoms with Gasteiger partial charge in [-0.1, -0.05) is 13.0 Å². The molecule has 0 N–H and O–H groups in total. The first-order chi connectivity index (χ1) is 7.78. The van der Waals surface area contributed by atoms with Crippen molar-refractivity contribution >= 4 is 0 Å². The highest BCUT2D eigenvalue weighted by atomic mass is 19.1. The Kier molecular flexibility index (Phi) is 3.10. The van der Waals surface area contributed by atoms with Crippen molar-refractivity contribution in [2.45, 2.75) is 13.3 Å². The van der Waals surface area contributed by atoms with Gasteiger partial charge in [-0.25, -0.2) is 9.37 Å². The summed E-state index contributed by atoms with van der Waals surface area (Å²) in [5.41, 5.74) is 0.842. The van der Waals surface area contributed by atoms with Crippen LogP contribution in [0.3, 0.4) is 0 Å². The summed E-state index contributed by atoms with van der Waals surface area (Å²) in [4.78, 5) is 8.20. The monoisotopic (exact) mass is 218 g/mol. The molecule has 0 unspecified atom stereocenters. The van der Waals surface area contributed by atoms with Crippen LogP contribution in [0.1, 0.15) is 12.6 Å². The molecule has 82 valence electrons. The zero-order valence-electron chi connectivity index (χ0n) is 8.85. The van der Waals surface area contributed by atoms with Crippen LogP contribution in [0.5, 0.6) is 11.6 Å². The largest absolute Gasteiger partial charge is 0.437 e. The van der Waals surface area contributed by atoms with E-state index in [-0.39, 0.29) is 5.82 Å². The fourth-order valence-electron chi connectivity index (χ4n) is 1.26. The van der Waals surface area contributed by atoms with E-state index in [1.54, 1.807) is 18.3 Å². The van der Waals surface area contributed by atoms with Crippen LogP contribution >= 0.6 is 0 Å². The SMILES string of the molecule is CCc1cncc(Oc2cccc(F)c2)n1. The minimum Gasteiger partial charge on any atom is -0.437 e. The number of benzene rings is 1. The second-order valence-electron chi connectivity index (χ2n) is 3.26. The fraction of sp³-hybridized carbons (Fsp3) is 0.167. The van der Waals surface area contributed by atoms with E-state index in [0.29, 0.717) is 11.6 Å². The van der Waals surface area contributed by atoms with E-state index in [0.717, 1.165) is 12.1 Å². The molecule has 4 heteroatoms. The molecule has 2 rings (SSSR count). The van der Waals surface area contributed by atoms with Crippen LogP contribution in [-0.2, 0) is 6.42 Å². The third kappa shape index (κ3) is 2.53. The lowest BCUT2D eigenvalue weighted by Crippen LogP contribution is -1.93. The number of hydrogen-bond donors (Lipinski definition) is 0. The van der Waals surface area contributed by atoms with Gasteiger partial charge in [-0.15, -0.1) is 0 Å². The third-order valence-electron chi connectivity index (χ3n) is 2.04. The predicted molar refractivity (Wildman–Crippen MR) is 57.9 cm³/mol. The van der Waals surface area contributed by atoms with Gasteiger partial charge >= 0.3 is 0 Å². The standard InChI is InChI=1S/C12H11FN2O/c1-2-10-7-14-8-12(15-10)16-11-5-3-4-9(13)6-11/h3-8H,2H2,1H3. The summed E-state index contributed by atoms with van der Waals surface area (Å²) < 4.78 is 18.3. The van der Waals surface area contributed by atoms with Gasteiger partial charge in [0, 0.05) is 12.3 Å². The quantitative estimate of drug-likeness (QED) is 0.794. The molecule has 3 nitrogen and oxygen atoms in total. The summed E-state index contributed by atoms with van der Waals surface area (Å²) >= 11 is 0. The summed E-state index contributed by atoms with van der Waals surface area (Å²) in [5, 5.41) is 0. The minimum atomic E-state index is -0.336. The van der Waals surface area contributed by atoms with Crippen molar-refractivity contribution in [3.8, 4) is 11.6 Å². The summed E-state index contributed by atoms with van der Waals surface area (Å²) in [6, 6.07) is 5.92. The number of halogens is 1. The smallest absolute Gasteiger partial charge is 0.238 e. The predicted octanol–water partition coefficient (Wildman–Crippen LogP) is 2.97. The van der Waals surface area contributed by atoms with E-state index in [1.807, 2.05) is 6.92 Å². The molecule has 0 saturated heterocycles. The molecule has 0 bridgehead atoms. The molecule has 1 aromatic heterocycles. The number of ether oxygens (including phenoxy) is 1. The Morgan fingerprint density at radius 3 is 2.94 bits per heavy atom. The molecule has 0 aliphatic carbocycles. The van der Waals surface area contributed by atoms with Crippen molar-refractivity contribution in [2.75, 3.05) is 0 Å². The lowest BCUT2D eigenvalue weighted by atomic mass is 10.3. The molecule has 0 spiro atoms. The molecule has 1 heterocycles. The van der Waals surface area contributed by atoms with Crippen LogP contribution in [0.2, 0.25) is 0 Å². The molecule has 2 aromatic rings. The second kappa shape index (κ2) is 4.70. The van der Waals surface area contributed by atoms with Gasteiger partial charge < -0.3 is 4.74 Å². The second-order valence-corrected chi connectivity index (χ2v) is 3.26. The average molecular weight is 218 g/mol. The van der Waals surface area contributed by atoms with Gasteiger partial charge in [-0.05, 0) is 18.6 Å². The molecule has 0 aliphatic rings. The van der Waals surface area contributed by atoms with E-state index >= 15 is 0 Å². The molecule has 0 atom stereocenters. The molecule has 0 fully saturated rings. The van der Waals surface area contributed by atoms with E-state index in [4.69, 9.17) is 4.74 Å².